The van der Waals surface area contributed by atoms with Crippen molar-refractivity contribution in [1.29, 1.82) is 0 Å². The lowest BCUT2D eigenvalue weighted by Crippen LogP contribution is -2.48. The van der Waals surface area contributed by atoms with Crippen molar-refractivity contribution in [3.63, 3.8) is 0 Å². The molecule has 150 valence electrons. The molecule has 1 aliphatic heterocycles. The van der Waals surface area contributed by atoms with Gasteiger partial charge in [-0.2, -0.15) is 0 Å². The third-order valence-electron chi connectivity index (χ3n) is 6.14. The van der Waals surface area contributed by atoms with Crippen LogP contribution in [-0.4, -0.2) is 48.3 Å². The predicted octanol–water partition coefficient (Wildman–Crippen LogP) is 4.28. The molecule has 1 saturated heterocycles. The summed E-state index contributed by atoms with van der Waals surface area (Å²) in [4.78, 5) is 16.4. The van der Waals surface area contributed by atoms with Crippen LogP contribution in [0.1, 0.15) is 48.1 Å². The van der Waals surface area contributed by atoms with E-state index in [1.807, 2.05) is 0 Å². The number of hydrogen-bond acceptors (Lipinski definition) is 3. The highest BCUT2D eigenvalue weighted by Gasteiger charge is 2.30. The van der Waals surface area contributed by atoms with Crippen LogP contribution in [-0.2, 0) is 17.6 Å². The number of aryl methyl sites for hydroxylation is 2. The van der Waals surface area contributed by atoms with Gasteiger partial charge in [-0.15, -0.1) is 12.4 Å². The van der Waals surface area contributed by atoms with Crippen LogP contribution in [0.3, 0.4) is 0 Å². The number of carbonyl (C=O) groups is 1. The van der Waals surface area contributed by atoms with Gasteiger partial charge in [0.25, 0.3) is 0 Å². The summed E-state index contributed by atoms with van der Waals surface area (Å²) in [6.07, 6.45) is 3.97. The summed E-state index contributed by atoms with van der Waals surface area (Å²) in [6, 6.07) is 18.4. The van der Waals surface area contributed by atoms with Gasteiger partial charge in [-0.1, -0.05) is 48.5 Å². The smallest absolute Gasteiger partial charge is 0.129 e. The minimum absolute atomic E-state index is 0. The van der Waals surface area contributed by atoms with E-state index in [0.29, 0.717) is 18.2 Å². The van der Waals surface area contributed by atoms with Gasteiger partial charge in [0.2, 0.25) is 0 Å². The first-order chi connectivity index (χ1) is 13.2. The first kappa shape index (κ1) is 21.0. The van der Waals surface area contributed by atoms with Gasteiger partial charge in [-0.05, 0) is 55.0 Å². The number of Topliss-reactive ketones (excluding diaryl/α,β-unsaturated/α-hetero) is 1. The molecule has 2 aromatic carbocycles. The van der Waals surface area contributed by atoms with Crippen LogP contribution in [0.4, 0.5) is 0 Å². The minimum Gasteiger partial charge on any atom is -0.301 e. The lowest BCUT2D eigenvalue weighted by molar-refractivity contribution is -0.117. The number of piperazine rings is 1. The van der Waals surface area contributed by atoms with Crippen molar-refractivity contribution in [2.75, 3.05) is 32.7 Å². The Morgan fingerprint density at radius 2 is 1.43 bits per heavy atom. The fraction of sp³-hybridized carbons (Fsp3) is 0.458. The minimum atomic E-state index is 0. The summed E-state index contributed by atoms with van der Waals surface area (Å²) in [5.41, 5.74) is 5.99. The third-order valence-corrected chi connectivity index (χ3v) is 6.14. The number of hydrogen-bond donors (Lipinski definition) is 0. The molecule has 3 nitrogen and oxygen atoms in total. The van der Waals surface area contributed by atoms with E-state index in [0.717, 1.165) is 52.0 Å². The molecule has 4 heteroatoms. The monoisotopic (exact) mass is 398 g/mol. The van der Waals surface area contributed by atoms with Crippen molar-refractivity contribution in [3.05, 3.63) is 70.8 Å². The summed E-state index contributed by atoms with van der Waals surface area (Å²) >= 11 is 0. The Balaban J connectivity index is 0.00000225. The molecule has 2 aromatic rings. The molecule has 0 saturated carbocycles. The molecule has 1 fully saturated rings. The molecule has 0 aromatic heterocycles. The average molecular weight is 399 g/mol. The van der Waals surface area contributed by atoms with Crippen molar-refractivity contribution >= 4 is 18.2 Å². The largest absolute Gasteiger partial charge is 0.301 e. The maximum atomic E-state index is 11.2. The van der Waals surface area contributed by atoms with Crippen LogP contribution >= 0.6 is 12.4 Å². The maximum Gasteiger partial charge on any atom is 0.129 e. The van der Waals surface area contributed by atoms with E-state index in [1.54, 1.807) is 6.92 Å². The van der Waals surface area contributed by atoms with Gasteiger partial charge in [0.1, 0.15) is 5.78 Å². The normalized spacial score (nSPS) is 17.9. The summed E-state index contributed by atoms with van der Waals surface area (Å²) < 4.78 is 0. The highest BCUT2D eigenvalue weighted by Crippen LogP contribution is 2.37. The Hall–Kier alpha value is -1.68. The zero-order valence-corrected chi connectivity index (χ0v) is 17.6. The molecule has 1 heterocycles. The maximum absolute atomic E-state index is 11.2. The average Bonchev–Trinajstić information content (AvgIpc) is 2.85. The van der Waals surface area contributed by atoms with E-state index in [2.05, 4.69) is 58.3 Å². The zero-order chi connectivity index (χ0) is 18.6. The molecule has 0 unspecified atom stereocenters. The number of ketones is 1. The van der Waals surface area contributed by atoms with E-state index in [1.165, 1.54) is 22.3 Å². The number of rotatable bonds is 5. The lowest BCUT2D eigenvalue weighted by Gasteiger charge is -2.40. The SMILES string of the molecule is CC(=O)CCCN1CCN(C2c3ccccc3CCc3ccccc32)CC1.Cl. The van der Waals surface area contributed by atoms with Gasteiger partial charge in [0, 0.05) is 32.6 Å². The Morgan fingerprint density at radius 1 is 0.893 bits per heavy atom. The highest BCUT2D eigenvalue weighted by atomic mass is 35.5. The molecular formula is C24H31ClN2O. The van der Waals surface area contributed by atoms with Gasteiger partial charge in [0.05, 0.1) is 6.04 Å². The molecule has 1 aliphatic carbocycles. The molecule has 4 rings (SSSR count). The second-order valence-corrected chi connectivity index (χ2v) is 7.98. The number of halogens is 1. The predicted molar refractivity (Wildman–Crippen MR) is 117 cm³/mol. The number of benzene rings is 2. The van der Waals surface area contributed by atoms with Crippen molar-refractivity contribution < 1.29 is 4.79 Å². The van der Waals surface area contributed by atoms with Crippen LogP contribution in [0.25, 0.3) is 0 Å². The van der Waals surface area contributed by atoms with Crippen LogP contribution in [0, 0.1) is 0 Å². The Bertz CT molecular complexity index is 751. The van der Waals surface area contributed by atoms with E-state index in [-0.39, 0.29) is 12.4 Å². The Morgan fingerprint density at radius 3 is 1.96 bits per heavy atom. The van der Waals surface area contributed by atoms with Gasteiger partial charge < -0.3 is 9.69 Å². The van der Waals surface area contributed by atoms with Crippen LogP contribution in [0.15, 0.2) is 48.5 Å². The quantitative estimate of drug-likeness (QED) is 0.750. The molecule has 0 amide bonds. The second-order valence-electron chi connectivity index (χ2n) is 7.98. The third kappa shape index (κ3) is 4.65. The first-order valence-corrected chi connectivity index (χ1v) is 10.3. The van der Waals surface area contributed by atoms with Gasteiger partial charge in [-0.25, -0.2) is 0 Å². The molecule has 0 N–H and O–H groups in total. The standard InChI is InChI=1S/C24H30N2O.ClH/c1-19(27)7-6-14-25-15-17-26(18-16-25)24-22-10-4-2-8-20(22)12-13-21-9-3-5-11-23(21)24;/h2-5,8-11,24H,6-7,12-18H2,1H3;1H. The van der Waals surface area contributed by atoms with E-state index in [4.69, 9.17) is 0 Å². The Kier molecular flexibility index (Phi) is 7.28. The van der Waals surface area contributed by atoms with Crippen molar-refractivity contribution in [2.24, 2.45) is 0 Å². The van der Waals surface area contributed by atoms with Gasteiger partial charge >= 0.3 is 0 Å². The van der Waals surface area contributed by atoms with Crippen LogP contribution < -0.4 is 0 Å². The summed E-state index contributed by atoms with van der Waals surface area (Å²) in [6.45, 7) is 7.11. The Labute approximate surface area is 175 Å². The van der Waals surface area contributed by atoms with E-state index >= 15 is 0 Å². The molecule has 0 bridgehead atoms. The molecule has 0 radical (unpaired) electrons. The molecule has 28 heavy (non-hydrogen) atoms. The number of carbonyl (C=O) groups excluding carboxylic acids is 1. The number of nitrogens with zero attached hydrogens (tertiary/aromatic N) is 2. The first-order valence-electron chi connectivity index (χ1n) is 10.3. The zero-order valence-electron chi connectivity index (χ0n) is 16.8. The topological polar surface area (TPSA) is 23.6 Å². The molecule has 2 aliphatic rings. The fourth-order valence-electron chi connectivity index (χ4n) is 4.68. The molecular weight excluding hydrogens is 368 g/mol. The van der Waals surface area contributed by atoms with E-state index in [9.17, 15) is 4.79 Å². The summed E-state index contributed by atoms with van der Waals surface area (Å²) in [7, 11) is 0. The number of fused-ring (bicyclic) bond motifs is 2. The van der Waals surface area contributed by atoms with E-state index < -0.39 is 0 Å². The van der Waals surface area contributed by atoms with Crippen LogP contribution in [0.2, 0.25) is 0 Å². The summed E-state index contributed by atoms with van der Waals surface area (Å²) in [5.74, 6) is 0.306. The summed E-state index contributed by atoms with van der Waals surface area (Å²) in [5, 5.41) is 0. The molecule has 0 spiro atoms. The van der Waals surface area contributed by atoms with Gasteiger partial charge in [0.15, 0.2) is 0 Å². The second kappa shape index (κ2) is 9.69. The van der Waals surface area contributed by atoms with Gasteiger partial charge in [-0.3, -0.25) is 4.90 Å². The fourth-order valence-corrected chi connectivity index (χ4v) is 4.68. The molecule has 0 atom stereocenters. The van der Waals surface area contributed by atoms with Crippen molar-refractivity contribution in [3.8, 4) is 0 Å². The van der Waals surface area contributed by atoms with Crippen LogP contribution in [0.5, 0.6) is 0 Å². The lowest BCUT2D eigenvalue weighted by atomic mass is 9.92. The highest BCUT2D eigenvalue weighted by molar-refractivity contribution is 5.85. The van der Waals surface area contributed by atoms with Crippen molar-refractivity contribution in [2.45, 2.75) is 38.6 Å². The van der Waals surface area contributed by atoms with Crippen molar-refractivity contribution in [1.82, 2.24) is 9.80 Å².